The third-order valence-corrected chi connectivity index (χ3v) is 7.14. The van der Waals surface area contributed by atoms with E-state index in [1.807, 2.05) is 36.1 Å². The number of likely N-dealkylation sites (tertiary alicyclic amines) is 2. The number of carbonyl (C=O) groups excluding carboxylic acids is 1. The summed E-state index contributed by atoms with van der Waals surface area (Å²) in [5, 5.41) is 4.07. The van der Waals surface area contributed by atoms with Crippen LogP contribution in [0.3, 0.4) is 0 Å². The molecule has 3 fully saturated rings. The largest absolute Gasteiger partial charge is 0.497 e. The van der Waals surface area contributed by atoms with Crippen molar-refractivity contribution in [2.45, 2.75) is 37.6 Å². The zero-order valence-corrected chi connectivity index (χ0v) is 18.2. The number of fused-ring (bicyclic) bond motifs is 1. The van der Waals surface area contributed by atoms with E-state index in [0.29, 0.717) is 36.6 Å². The molecule has 0 N–H and O–H groups in total. The molecule has 31 heavy (non-hydrogen) atoms. The number of benzene rings is 1. The van der Waals surface area contributed by atoms with E-state index in [4.69, 9.17) is 14.0 Å². The summed E-state index contributed by atoms with van der Waals surface area (Å²) in [4.78, 5) is 22.4. The molecule has 0 saturated carbocycles. The molecule has 2 unspecified atom stereocenters. The third-order valence-electron chi connectivity index (χ3n) is 7.14. The molecule has 1 aromatic carbocycles. The second kappa shape index (κ2) is 8.24. The Morgan fingerprint density at radius 3 is 2.84 bits per heavy atom. The van der Waals surface area contributed by atoms with Crippen LogP contribution in [0.4, 0.5) is 0 Å². The number of carbonyl (C=O) groups is 1. The molecule has 2 atom stereocenters. The van der Waals surface area contributed by atoms with Crippen LogP contribution in [-0.2, 0) is 21.4 Å². The summed E-state index contributed by atoms with van der Waals surface area (Å²) in [5.74, 6) is 2.53. The average Bonchev–Trinajstić information content (AvgIpc) is 3.47. The fraction of sp³-hybridized carbons (Fsp3) is 0.609. The molecule has 3 aliphatic rings. The molecule has 1 aromatic heterocycles. The van der Waals surface area contributed by atoms with E-state index in [-0.39, 0.29) is 11.3 Å². The van der Waals surface area contributed by atoms with Crippen molar-refractivity contribution in [2.24, 2.45) is 5.92 Å². The smallest absolute Gasteiger partial charge is 0.236 e. The summed E-state index contributed by atoms with van der Waals surface area (Å²) < 4.78 is 16.6. The van der Waals surface area contributed by atoms with Crippen molar-refractivity contribution >= 4 is 5.91 Å². The lowest BCUT2D eigenvalue weighted by atomic mass is 9.81. The maximum Gasteiger partial charge on any atom is 0.236 e. The van der Waals surface area contributed by atoms with Gasteiger partial charge >= 0.3 is 0 Å². The standard InChI is InChI=1S/C23H30N4O4/c1-16-24-22(31-25-16)23-14-26(19-6-8-30-9-7-19)12-18(23)13-27(15-23)21(28)11-17-4-3-5-20(10-17)29-2/h3-5,10,18-19H,6-9,11-15H2,1-2H3. The first kappa shape index (κ1) is 20.5. The van der Waals surface area contributed by atoms with Crippen LogP contribution in [0.25, 0.3) is 0 Å². The van der Waals surface area contributed by atoms with Crippen LogP contribution in [0.5, 0.6) is 5.75 Å². The highest BCUT2D eigenvalue weighted by Crippen LogP contribution is 2.45. The van der Waals surface area contributed by atoms with Crippen LogP contribution in [-0.4, -0.2) is 78.4 Å². The van der Waals surface area contributed by atoms with Crippen LogP contribution < -0.4 is 4.74 Å². The highest BCUT2D eigenvalue weighted by Gasteiger charge is 2.58. The topological polar surface area (TPSA) is 80.9 Å². The van der Waals surface area contributed by atoms with Crippen LogP contribution >= 0.6 is 0 Å². The number of ether oxygens (including phenoxy) is 2. The average molecular weight is 427 g/mol. The molecule has 4 heterocycles. The Morgan fingerprint density at radius 1 is 1.26 bits per heavy atom. The summed E-state index contributed by atoms with van der Waals surface area (Å²) in [7, 11) is 1.64. The van der Waals surface area contributed by atoms with Crippen molar-refractivity contribution in [3.05, 3.63) is 41.5 Å². The van der Waals surface area contributed by atoms with Gasteiger partial charge in [-0.15, -0.1) is 0 Å². The second-order valence-corrected chi connectivity index (χ2v) is 9.08. The van der Waals surface area contributed by atoms with Crippen LogP contribution in [0, 0.1) is 12.8 Å². The van der Waals surface area contributed by atoms with Gasteiger partial charge in [0.2, 0.25) is 11.8 Å². The fourth-order valence-electron chi connectivity index (χ4n) is 5.49. The van der Waals surface area contributed by atoms with Gasteiger partial charge in [0.05, 0.1) is 18.9 Å². The molecular weight excluding hydrogens is 396 g/mol. The van der Waals surface area contributed by atoms with E-state index >= 15 is 0 Å². The maximum atomic E-state index is 13.2. The minimum Gasteiger partial charge on any atom is -0.497 e. The Morgan fingerprint density at radius 2 is 2.10 bits per heavy atom. The number of methoxy groups -OCH3 is 1. The number of aryl methyl sites for hydroxylation is 1. The molecule has 0 radical (unpaired) electrons. The Hall–Kier alpha value is -2.45. The Bertz CT molecular complexity index is 941. The van der Waals surface area contributed by atoms with Gasteiger partial charge < -0.3 is 18.9 Å². The predicted molar refractivity (Wildman–Crippen MR) is 113 cm³/mol. The van der Waals surface area contributed by atoms with Crippen molar-refractivity contribution in [3.63, 3.8) is 0 Å². The molecule has 1 amide bonds. The molecule has 0 aliphatic carbocycles. The van der Waals surface area contributed by atoms with Gasteiger partial charge in [-0.25, -0.2) is 0 Å². The summed E-state index contributed by atoms with van der Waals surface area (Å²) in [5.41, 5.74) is 0.678. The minimum absolute atomic E-state index is 0.135. The summed E-state index contributed by atoms with van der Waals surface area (Å²) in [6, 6.07) is 8.25. The van der Waals surface area contributed by atoms with Gasteiger partial charge in [-0.1, -0.05) is 17.3 Å². The van der Waals surface area contributed by atoms with Crippen molar-refractivity contribution in [3.8, 4) is 5.75 Å². The second-order valence-electron chi connectivity index (χ2n) is 9.08. The molecule has 5 rings (SSSR count). The lowest BCUT2D eigenvalue weighted by molar-refractivity contribution is -0.129. The first-order valence-corrected chi connectivity index (χ1v) is 11.1. The molecule has 0 bridgehead atoms. The highest BCUT2D eigenvalue weighted by molar-refractivity contribution is 5.79. The summed E-state index contributed by atoms with van der Waals surface area (Å²) in [6.45, 7) is 6.66. The predicted octanol–water partition coefficient (Wildman–Crippen LogP) is 1.82. The maximum absolute atomic E-state index is 13.2. The molecule has 8 heteroatoms. The minimum atomic E-state index is -0.288. The fourth-order valence-corrected chi connectivity index (χ4v) is 5.49. The van der Waals surface area contributed by atoms with Crippen LogP contribution in [0.15, 0.2) is 28.8 Å². The monoisotopic (exact) mass is 426 g/mol. The van der Waals surface area contributed by atoms with E-state index in [1.54, 1.807) is 7.11 Å². The van der Waals surface area contributed by atoms with Crippen molar-refractivity contribution in [1.29, 1.82) is 0 Å². The molecule has 3 saturated heterocycles. The van der Waals surface area contributed by atoms with Gasteiger partial charge in [0, 0.05) is 51.4 Å². The zero-order valence-electron chi connectivity index (χ0n) is 18.2. The zero-order chi connectivity index (χ0) is 21.4. The Labute approximate surface area is 182 Å². The Balaban J connectivity index is 1.35. The first-order valence-electron chi connectivity index (χ1n) is 11.1. The summed E-state index contributed by atoms with van der Waals surface area (Å²) in [6.07, 6.45) is 2.49. The number of hydrogen-bond donors (Lipinski definition) is 0. The lowest BCUT2D eigenvalue weighted by Crippen LogP contribution is -2.44. The number of nitrogens with zero attached hydrogens (tertiary/aromatic N) is 4. The van der Waals surface area contributed by atoms with Crippen molar-refractivity contribution < 1.29 is 18.8 Å². The van der Waals surface area contributed by atoms with Gasteiger partial charge in [0.25, 0.3) is 0 Å². The third kappa shape index (κ3) is 3.83. The van der Waals surface area contributed by atoms with Gasteiger partial charge in [-0.05, 0) is 37.5 Å². The van der Waals surface area contributed by atoms with Crippen molar-refractivity contribution in [1.82, 2.24) is 19.9 Å². The van der Waals surface area contributed by atoms with Crippen LogP contribution in [0.2, 0.25) is 0 Å². The molecular formula is C23H30N4O4. The van der Waals surface area contributed by atoms with E-state index in [0.717, 1.165) is 57.0 Å². The number of aromatic nitrogens is 2. The normalized spacial score (nSPS) is 26.9. The van der Waals surface area contributed by atoms with Gasteiger partial charge in [0.1, 0.15) is 5.75 Å². The number of rotatable bonds is 5. The van der Waals surface area contributed by atoms with Crippen molar-refractivity contribution in [2.75, 3.05) is 46.5 Å². The van der Waals surface area contributed by atoms with E-state index in [1.165, 1.54) is 0 Å². The lowest BCUT2D eigenvalue weighted by Gasteiger charge is -2.33. The van der Waals surface area contributed by atoms with Gasteiger partial charge in [-0.3, -0.25) is 9.69 Å². The van der Waals surface area contributed by atoms with E-state index in [9.17, 15) is 4.79 Å². The highest BCUT2D eigenvalue weighted by atomic mass is 16.5. The van der Waals surface area contributed by atoms with Gasteiger partial charge in [0.15, 0.2) is 5.82 Å². The molecule has 8 nitrogen and oxygen atoms in total. The molecule has 0 spiro atoms. The number of hydrogen-bond acceptors (Lipinski definition) is 7. The van der Waals surface area contributed by atoms with Crippen LogP contribution in [0.1, 0.15) is 30.1 Å². The SMILES string of the molecule is COc1cccc(CC(=O)N2CC3CN(C4CCOCC4)CC3(c3nc(C)no3)C2)c1. The van der Waals surface area contributed by atoms with E-state index in [2.05, 4.69) is 15.0 Å². The quantitative estimate of drug-likeness (QED) is 0.721. The van der Waals surface area contributed by atoms with E-state index < -0.39 is 0 Å². The Kier molecular flexibility index (Phi) is 5.44. The van der Waals surface area contributed by atoms with Gasteiger partial charge in [-0.2, -0.15) is 4.98 Å². The summed E-state index contributed by atoms with van der Waals surface area (Å²) >= 11 is 0. The number of amides is 1. The first-order chi connectivity index (χ1) is 15.1. The molecule has 2 aromatic rings. The molecule has 3 aliphatic heterocycles. The molecule has 166 valence electrons.